The maximum absolute atomic E-state index is 12.6. The molecule has 1 heterocycles. The first-order valence-corrected chi connectivity index (χ1v) is 7.45. The van der Waals surface area contributed by atoms with Crippen molar-refractivity contribution in [2.75, 3.05) is 7.11 Å². The summed E-state index contributed by atoms with van der Waals surface area (Å²) in [6, 6.07) is 8.96. The number of ether oxygens (including phenoxy) is 1. The van der Waals surface area contributed by atoms with Crippen LogP contribution in [0.5, 0.6) is 0 Å². The molecule has 138 valence electrons. The molecule has 1 atom stereocenters. The van der Waals surface area contributed by atoms with E-state index in [9.17, 15) is 27.6 Å². The number of benzene rings is 1. The number of methoxy groups -OCH3 is 1. The number of alkyl halides is 3. The molecule has 0 fully saturated rings. The van der Waals surface area contributed by atoms with Gasteiger partial charge in [-0.25, -0.2) is 4.79 Å². The Bertz CT molecular complexity index is 847. The quantitative estimate of drug-likeness (QED) is 0.789. The molecule has 0 saturated carbocycles. The van der Waals surface area contributed by atoms with Crippen LogP contribution in [-0.4, -0.2) is 30.0 Å². The van der Waals surface area contributed by atoms with Crippen molar-refractivity contribution in [3.05, 3.63) is 69.6 Å². The summed E-state index contributed by atoms with van der Waals surface area (Å²) in [6.07, 6.45) is -4.65. The van der Waals surface area contributed by atoms with Crippen molar-refractivity contribution in [2.24, 2.45) is 0 Å². The van der Waals surface area contributed by atoms with Crippen LogP contribution in [-0.2, 0) is 22.1 Å². The fourth-order valence-electron chi connectivity index (χ4n) is 2.24. The van der Waals surface area contributed by atoms with Crippen LogP contribution in [0.25, 0.3) is 0 Å². The molecule has 0 aliphatic heterocycles. The number of aromatic nitrogens is 1. The van der Waals surface area contributed by atoms with Gasteiger partial charge in [0.05, 0.1) is 7.11 Å². The molecule has 0 aliphatic rings. The molecule has 2 N–H and O–H groups in total. The second-order valence-electron chi connectivity index (χ2n) is 5.35. The minimum atomic E-state index is -4.74. The van der Waals surface area contributed by atoms with Crippen LogP contribution in [0, 0.1) is 0 Å². The van der Waals surface area contributed by atoms with Crippen molar-refractivity contribution in [3.8, 4) is 0 Å². The molecule has 0 aliphatic carbocycles. The van der Waals surface area contributed by atoms with E-state index in [-0.39, 0.29) is 6.42 Å². The Morgan fingerprint density at radius 3 is 2.35 bits per heavy atom. The summed E-state index contributed by atoms with van der Waals surface area (Å²) in [5.74, 6) is -1.73. The third kappa shape index (κ3) is 4.71. The van der Waals surface area contributed by atoms with Gasteiger partial charge in [0, 0.05) is 6.42 Å². The van der Waals surface area contributed by atoms with Crippen molar-refractivity contribution in [3.63, 3.8) is 0 Å². The van der Waals surface area contributed by atoms with Gasteiger partial charge in [-0.15, -0.1) is 0 Å². The number of nitrogens with one attached hydrogen (secondary N) is 2. The van der Waals surface area contributed by atoms with E-state index >= 15 is 0 Å². The maximum Gasteiger partial charge on any atom is 0.431 e. The SMILES string of the molecule is COC(=O)[C@H](Cc1ccccc1)NC(=O)c1ccc(C(F)(F)F)[nH]c1=O. The summed E-state index contributed by atoms with van der Waals surface area (Å²) < 4.78 is 42.3. The number of amides is 1. The molecule has 2 aromatic rings. The lowest BCUT2D eigenvalue weighted by atomic mass is 10.1. The van der Waals surface area contributed by atoms with E-state index in [2.05, 4.69) is 10.1 Å². The summed E-state index contributed by atoms with van der Waals surface area (Å²) in [7, 11) is 1.14. The van der Waals surface area contributed by atoms with Crippen LogP contribution in [0.4, 0.5) is 13.2 Å². The van der Waals surface area contributed by atoms with Gasteiger partial charge in [-0.3, -0.25) is 9.59 Å². The molecular formula is C17H15F3N2O4. The van der Waals surface area contributed by atoms with Crippen LogP contribution in [0.2, 0.25) is 0 Å². The van der Waals surface area contributed by atoms with Gasteiger partial charge in [-0.1, -0.05) is 30.3 Å². The van der Waals surface area contributed by atoms with E-state index in [1.807, 2.05) is 0 Å². The number of hydrogen-bond acceptors (Lipinski definition) is 4. The molecule has 2 rings (SSSR count). The van der Waals surface area contributed by atoms with Gasteiger partial charge in [-0.2, -0.15) is 13.2 Å². The normalized spacial score (nSPS) is 12.3. The van der Waals surface area contributed by atoms with E-state index in [1.54, 1.807) is 35.3 Å². The number of rotatable bonds is 5. The van der Waals surface area contributed by atoms with E-state index in [0.29, 0.717) is 6.07 Å². The lowest BCUT2D eigenvalue weighted by Gasteiger charge is -2.16. The van der Waals surface area contributed by atoms with Gasteiger partial charge >= 0.3 is 12.1 Å². The third-order valence-electron chi connectivity index (χ3n) is 3.53. The first-order valence-electron chi connectivity index (χ1n) is 7.45. The van der Waals surface area contributed by atoms with E-state index in [1.165, 1.54) is 0 Å². The van der Waals surface area contributed by atoms with Crippen molar-refractivity contribution in [1.82, 2.24) is 10.3 Å². The monoisotopic (exact) mass is 368 g/mol. The molecule has 0 saturated heterocycles. The molecule has 26 heavy (non-hydrogen) atoms. The topological polar surface area (TPSA) is 88.3 Å². The second kappa shape index (κ2) is 7.85. The number of halogens is 3. The van der Waals surface area contributed by atoms with Gasteiger partial charge in [-0.05, 0) is 17.7 Å². The van der Waals surface area contributed by atoms with Gasteiger partial charge in [0.1, 0.15) is 17.3 Å². The average molecular weight is 368 g/mol. The lowest BCUT2D eigenvalue weighted by molar-refractivity contribution is -0.143. The molecule has 9 heteroatoms. The number of pyridine rings is 1. The number of carbonyl (C=O) groups excluding carboxylic acids is 2. The Hall–Kier alpha value is -3.10. The van der Waals surface area contributed by atoms with E-state index in [0.717, 1.165) is 18.7 Å². The van der Waals surface area contributed by atoms with E-state index in [4.69, 9.17) is 0 Å². The third-order valence-corrected chi connectivity index (χ3v) is 3.53. The summed E-state index contributed by atoms with van der Waals surface area (Å²) >= 11 is 0. The first kappa shape index (κ1) is 19.2. The predicted molar refractivity (Wildman–Crippen MR) is 85.5 cm³/mol. The maximum atomic E-state index is 12.6. The molecule has 0 bridgehead atoms. The minimum absolute atomic E-state index is 0.0950. The molecular weight excluding hydrogens is 353 g/mol. The molecule has 1 aromatic heterocycles. The summed E-state index contributed by atoms with van der Waals surface area (Å²) in [6.45, 7) is 0. The van der Waals surface area contributed by atoms with Crippen molar-refractivity contribution in [1.29, 1.82) is 0 Å². The van der Waals surface area contributed by atoms with Crippen molar-refractivity contribution < 1.29 is 27.5 Å². The number of hydrogen-bond donors (Lipinski definition) is 2. The number of esters is 1. The Morgan fingerprint density at radius 2 is 1.81 bits per heavy atom. The minimum Gasteiger partial charge on any atom is -0.467 e. The first-order chi connectivity index (χ1) is 12.2. The number of carbonyl (C=O) groups is 2. The van der Waals surface area contributed by atoms with Gasteiger partial charge < -0.3 is 15.0 Å². The zero-order chi connectivity index (χ0) is 19.3. The van der Waals surface area contributed by atoms with Gasteiger partial charge in [0.2, 0.25) is 0 Å². The summed E-state index contributed by atoms with van der Waals surface area (Å²) in [5, 5.41) is 2.32. The Balaban J connectivity index is 2.21. The second-order valence-corrected chi connectivity index (χ2v) is 5.35. The highest BCUT2D eigenvalue weighted by molar-refractivity contribution is 5.96. The molecule has 6 nitrogen and oxygen atoms in total. The van der Waals surface area contributed by atoms with Gasteiger partial charge in [0.25, 0.3) is 11.5 Å². The predicted octanol–water partition coefficient (Wildman–Crippen LogP) is 1.91. The van der Waals surface area contributed by atoms with Crippen LogP contribution < -0.4 is 10.9 Å². The molecule has 0 radical (unpaired) electrons. The molecule has 1 amide bonds. The average Bonchev–Trinajstić information content (AvgIpc) is 2.60. The number of aromatic amines is 1. The molecule has 1 aromatic carbocycles. The lowest BCUT2D eigenvalue weighted by Crippen LogP contribution is -2.44. The standard InChI is InChI=1S/C17H15F3N2O4/c1-26-16(25)12(9-10-5-3-2-4-6-10)21-14(23)11-7-8-13(17(18,19)20)22-15(11)24/h2-8,12H,9H2,1H3,(H,21,23)(H,22,24)/t12-/m0/s1. The zero-order valence-electron chi connectivity index (χ0n) is 13.6. The van der Waals surface area contributed by atoms with E-state index < -0.39 is 40.9 Å². The summed E-state index contributed by atoms with van der Waals surface area (Å²) in [5.41, 5.74) is -2.29. The molecule has 0 spiro atoms. The smallest absolute Gasteiger partial charge is 0.431 e. The van der Waals surface area contributed by atoms with Crippen molar-refractivity contribution in [2.45, 2.75) is 18.6 Å². The van der Waals surface area contributed by atoms with Gasteiger partial charge in [0.15, 0.2) is 0 Å². The van der Waals surface area contributed by atoms with Crippen LogP contribution >= 0.6 is 0 Å². The summed E-state index contributed by atoms with van der Waals surface area (Å²) in [4.78, 5) is 37.5. The van der Waals surface area contributed by atoms with Crippen LogP contribution in [0.15, 0.2) is 47.3 Å². The Labute approximate surface area is 146 Å². The zero-order valence-corrected chi connectivity index (χ0v) is 13.6. The van der Waals surface area contributed by atoms with Crippen LogP contribution in [0.3, 0.4) is 0 Å². The largest absolute Gasteiger partial charge is 0.467 e. The Morgan fingerprint density at radius 1 is 1.15 bits per heavy atom. The fraction of sp³-hybridized carbons (Fsp3) is 0.235. The van der Waals surface area contributed by atoms with Crippen molar-refractivity contribution >= 4 is 11.9 Å². The highest BCUT2D eigenvalue weighted by Crippen LogP contribution is 2.26. The number of H-pyrrole nitrogens is 1. The highest BCUT2D eigenvalue weighted by Gasteiger charge is 2.32. The highest BCUT2D eigenvalue weighted by atomic mass is 19.4. The fourth-order valence-corrected chi connectivity index (χ4v) is 2.24. The van der Waals surface area contributed by atoms with Crippen LogP contribution in [0.1, 0.15) is 21.6 Å². The molecule has 0 unspecified atom stereocenters. The Kier molecular flexibility index (Phi) is 5.81.